The van der Waals surface area contributed by atoms with Crippen LogP contribution in [-0.2, 0) is 0 Å². The molecule has 0 amide bonds. The van der Waals surface area contributed by atoms with E-state index in [1.54, 1.807) is 6.92 Å². The zero-order valence-corrected chi connectivity index (χ0v) is 8.34. The van der Waals surface area contributed by atoms with Crippen molar-refractivity contribution in [3.63, 3.8) is 0 Å². The van der Waals surface area contributed by atoms with Crippen LogP contribution in [-0.4, -0.2) is 16.8 Å². The Hall–Kier alpha value is -1.16. The Kier molecular flexibility index (Phi) is 2.38. The lowest BCUT2D eigenvalue weighted by Gasteiger charge is -2.40. The summed E-state index contributed by atoms with van der Waals surface area (Å²) < 4.78 is 31.2. The molecule has 1 fully saturated rings. The fourth-order valence-electron chi connectivity index (χ4n) is 1.76. The van der Waals surface area contributed by atoms with Crippen molar-refractivity contribution < 1.29 is 18.6 Å². The smallest absolute Gasteiger partial charge is 0.200 e. The molecule has 4 heteroatoms. The van der Waals surface area contributed by atoms with Crippen LogP contribution in [0.1, 0.15) is 19.8 Å². The van der Waals surface area contributed by atoms with Crippen molar-refractivity contribution in [2.75, 3.05) is 0 Å². The van der Waals surface area contributed by atoms with Crippen molar-refractivity contribution in [1.29, 1.82) is 0 Å². The average molecular weight is 214 g/mol. The van der Waals surface area contributed by atoms with Crippen LogP contribution in [0.15, 0.2) is 18.2 Å². The Morgan fingerprint density at radius 1 is 1.40 bits per heavy atom. The highest BCUT2D eigenvalue weighted by Gasteiger charge is 2.40. The van der Waals surface area contributed by atoms with E-state index in [4.69, 9.17) is 4.74 Å². The van der Waals surface area contributed by atoms with Gasteiger partial charge in [-0.2, -0.15) is 4.39 Å². The number of ether oxygens (including phenoxy) is 1. The van der Waals surface area contributed by atoms with Gasteiger partial charge in [0.15, 0.2) is 11.6 Å². The third-order valence-electron chi connectivity index (χ3n) is 2.54. The van der Waals surface area contributed by atoms with Gasteiger partial charge in [0, 0.05) is 12.8 Å². The molecule has 1 aliphatic rings. The Morgan fingerprint density at radius 3 is 2.67 bits per heavy atom. The van der Waals surface area contributed by atoms with Crippen molar-refractivity contribution in [1.82, 2.24) is 0 Å². The van der Waals surface area contributed by atoms with Gasteiger partial charge >= 0.3 is 0 Å². The summed E-state index contributed by atoms with van der Waals surface area (Å²) in [5.41, 5.74) is -0.728. The minimum Gasteiger partial charge on any atom is -0.487 e. The Balaban J connectivity index is 2.03. The summed E-state index contributed by atoms with van der Waals surface area (Å²) >= 11 is 0. The Morgan fingerprint density at radius 2 is 2.07 bits per heavy atom. The van der Waals surface area contributed by atoms with Crippen molar-refractivity contribution in [3.05, 3.63) is 29.8 Å². The number of benzene rings is 1. The van der Waals surface area contributed by atoms with E-state index in [9.17, 15) is 13.9 Å². The van der Waals surface area contributed by atoms with Crippen molar-refractivity contribution in [2.24, 2.45) is 0 Å². The number of hydrogen-bond acceptors (Lipinski definition) is 2. The first-order chi connectivity index (χ1) is 6.98. The number of halogens is 2. The first kappa shape index (κ1) is 10.4. The van der Waals surface area contributed by atoms with Crippen molar-refractivity contribution in [2.45, 2.75) is 31.5 Å². The highest BCUT2D eigenvalue weighted by atomic mass is 19.2. The third kappa shape index (κ3) is 2.09. The van der Waals surface area contributed by atoms with Gasteiger partial charge in [-0.1, -0.05) is 6.07 Å². The molecule has 0 heterocycles. The predicted molar refractivity (Wildman–Crippen MR) is 50.6 cm³/mol. The summed E-state index contributed by atoms with van der Waals surface area (Å²) in [5.74, 6) is -1.97. The SMILES string of the molecule is CC1(O)CC(Oc2cccc(F)c2F)C1. The predicted octanol–water partition coefficient (Wildman–Crippen LogP) is 2.26. The molecule has 0 atom stereocenters. The minimum absolute atomic E-state index is 0.0875. The molecule has 1 aliphatic carbocycles. The Bertz CT molecular complexity index is 369. The van der Waals surface area contributed by atoms with Gasteiger partial charge < -0.3 is 9.84 Å². The summed E-state index contributed by atoms with van der Waals surface area (Å²) in [7, 11) is 0. The summed E-state index contributed by atoms with van der Waals surface area (Å²) in [6.07, 6.45) is 0.669. The number of rotatable bonds is 2. The monoisotopic (exact) mass is 214 g/mol. The summed E-state index contributed by atoms with van der Waals surface area (Å²) in [6, 6.07) is 3.81. The molecular formula is C11H12F2O2. The second-order valence-electron chi connectivity index (χ2n) is 4.20. The molecule has 0 aliphatic heterocycles. The van der Waals surface area contributed by atoms with Crippen molar-refractivity contribution >= 4 is 0 Å². The molecule has 1 aromatic carbocycles. The largest absolute Gasteiger partial charge is 0.487 e. The van der Waals surface area contributed by atoms with Gasteiger partial charge in [-0.15, -0.1) is 0 Å². The summed E-state index contributed by atoms with van der Waals surface area (Å²) in [6.45, 7) is 1.69. The number of hydrogen-bond donors (Lipinski definition) is 1. The summed E-state index contributed by atoms with van der Waals surface area (Å²) in [4.78, 5) is 0. The van der Waals surface area contributed by atoms with E-state index in [0.717, 1.165) is 6.07 Å². The van der Waals surface area contributed by atoms with Crippen LogP contribution >= 0.6 is 0 Å². The molecule has 15 heavy (non-hydrogen) atoms. The van der Waals surface area contributed by atoms with Crippen LogP contribution in [0.5, 0.6) is 5.75 Å². The van der Waals surface area contributed by atoms with E-state index in [1.807, 2.05) is 0 Å². The van der Waals surface area contributed by atoms with Gasteiger partial charge in [0.1, 0.15) is 6.10 Å². The zero-order chi connectivity index (χ0) is 11.1. The molecular weight excluding hydrogens is 202 g/mol. The topological polar surface area (TPSA) is 29.5 Å². The molecule has 0 bridgehead atoms. The molecule has 0 aromatic heterocycles. The van der Waals surface area contributed by atoms with Crippen LogP contribution in [0.3, 0.4) is 0 Å². The molecule has 0 unspecified atom stereocenters. The quantitative estimate of drug-likeness (QED) is 0.818. The van der Waals surface area contributed by atoms with Gasteiger partial charge in [-0.25, -0.2) is 4.39 Å². The molecule has 1 saturated carbocycles. The maximum atomic E-state index is 13.2. The summed E-state index contributed by atoms with van der Waals surface area (Å²) in [5, 5.41) is 9.44. The van der Waals surface area contributed by atoms with E-state index in [2.05, 4.69) is 0 Å². The molecule has 0 spiro atoms. The molecule has 1 aromatic rings. The van der Waals surface area contributed by atoms with Crippen LogP contribution in [0.25, 0.3) is 0 Å². The first-order valence-electron chi connectivity index (χ1n) is 4.81. The van der Waals surface area contributed by atoms with Gasteiger partial charge in [-0.05, 0) is 19.1 Å². The van der Waals surface area contributed by atoms with Gasteiger partial charge in [0.05, 0.1) is 5.60 Å². The second kappa shape index (κ2) is 3.45. The molecule has 0 radical (unpaired) electrons. The minimum atomic E-state index is -0.968. The Labute approximate surface area is 86.5 Å². The molecule has 82 valence electrons. The van der Waals surface area contributed by atoms with E-state index >= 15 is 0 Å². The van der Waals surface area contributed by atoms with Gasteiger partial charge in [0.25, 0.3) is 0 Å². The maximum Gasteiger partial charge on any atom is 0.200 e. The van der Waals surface area contributed by atoms with Gasteiger partial charge in [0.2, 0.25) is 5.82 Å². The standard InChI is InChI=1S/C11H12F2O2/c1-11(14)5-7(6-11)15-9-4-2-3-8(12)10(9)13/h2-4,7,14H,5-6H2,1H3. The number of aliphatic hydroxyl groups is 1. The van der Waals surface area contributed by atoms with E-state index in [-0.39, 0.29) is 11.9 Å². The van der Waals surface area contributed by atoms with Crippen LogP contribution in [0.2, 0.25) is 0 Å². The lowest BCUT2D eigenvalue weighted by atomic mass is 9.79. The fraction of sp³-hybridized carbons (Fsp3) is 0.455. The van der Waals surface area contributed by atoms with E-state index in [1.165, 1.54) is 12.1 Å². The molecule has 2 nitrogen and oxygen atoms in total. The molecule has 1 N–H and O–H groups in total. The fourth-order valence-corrected chi connectivity index (χ4v) is 1.76. The molecule has 0 saturated heterocycles. The second-order valence-corrected chi connectivity index (χ2v) is 4.20. The average Bonchev–Trinajstić information content (AvgIpc) is 2.10. The van der Waals surface area contributed by atoms with E-state index in [0.29, 0.717) is 12.8 Å². The first-order valence-corrected chi connectivity index (χ1v) is 4.81. The lowest BCUT2D eigenvalue weighted by Crippen LogP contribution is -2.47. The van der Waals surface area contributed by atoms with Crippen LogP contribution in [0, 0.1) is 11.6 Å². The normalized spacial score (nSPS) is 29.7. The van der Waals surface area contributed by atoms with E-state index < -0.39 is 17.2 Å². The highest BCUT2D eigenvalue weighted by molar-refractivity contribution is 5.25. The molecule has 2 rings (SSSR count). The van der Waals surface area contributed by atoms with Crippen LogP contribution in [0.4, 0.5) is 8.78 Å². The van der Waals surface area contributed by atoms with Gasteiger partial charge in [-0.3, -0.25) is 0 Å². The highest BCUT2D eigenvalue weighted by Crippen LogP contribution is 2.35. The third-order valence-corrected chi connectivity index (χ3v) is 2.54. The lowest BCUT2D eigenvalue weighted by molar-refractivity contribution is -0.0901. The zero-order valence-electron chi connectivity index (χ0n) is 8.34. The maximum absolute atomic E-state index is 13.2. The van der Waals surface area contributed by atoms with Crippen LogP contribution < -0.4 is 4.74 Å². The van der Waals surface area contributed by atoms with Crippen molar-refractivity contribution in [3.8, 4) is 5.75 Å².